The number of H-pyrrole nitrogens is 1. The predicted octanol–water partition coefficient (Wildman–Crippen LogP) is 0.114. The zero-order valence-electron chi connectivity index (χ0n) is 20.7. The first-order valence-electron chi connectivity index (χ1n) is 11.6. The standard InChI is InChI=1S/C23H34N6O6/c1-15(2)13-29-20(24)19(21(31)25-23(29)33)28(11-12-34-4)18(30)14-26-7-9-27(10-8-26)22(32)17-6-5-16(3)35-17/h5-6,15H,7-14,24H2,1-4H3,(H,25,31,33). The van der Waals surface area contributed by atoms with Crippen LogP contribution in [0.25, 0.3) is 0 Å². The molecule has 1 saturated heterocycles. The lowest BCUT2D eigenvalue weighted by Crippen LogP contribution is -2.52. The molecule has 0 radical (unpaired) electrons. The van der Waals surface area contributed by atoms with Gasteiger partial charge in [0, 0.05) is 46.4 Å². The van der Waals surface area contributed by atoms with E-state index in [1.54, 1.807) is 24.0 Å². The largest absolute Gasteiger partial charge is 0.456 e. The molecule has 1 fully saturated rings. The van der Waals surface area contributed by atoms with Crippen molar-refractivity contribution in [3.8, 4) is 0 Å². The summed E-state index contributed by atoms with van der Waals surface area (Å²) in [6.45, 7) is 8.05. The van der Waals surface area contributed by atoms with Crippen molar-refractivity contribution in [3.05, 3.63) is 44.5 Å². The van der Waals surface area contributed by atoms with Gasteiger partial charge >= 0.3 is 5.69 Å². The van der Waals surface area contributed by atoms with Crippen LogP contribution in [0.2, 0.25) is 0 Å². The summed E-state index contributed by atoms with van der Waals surface area (Å²) in [6.07, 6.45) is 0. The van der Waals surface area contributed by atoms with E-state index < -0.39 is 11.2 Å². The number of hydrogen-bond donors (Lipinski definition) is 2. The Morgan fingerprint density at radius 3 is 2.46 bits per heavy atom. The maximum atomic E-state index is 13.3. The highest BCUT2D eigenvalue weighted by Crippen LogP contribution is 2.19. The molecule has 35 heavy (non-hydrogen) atoms. The van der Waals surface area contributed by atoms with Crippen molar-refractivity contribution >= 4 is 23.3 Å². The molecule has 3 rings (SSSR count). The summed E-state index contributed by atoms with van der Waals surface area (Å²) in [5.74, 6) is 0.474. The fourth-order valence-electron chi connectivity index (χ4n) is 4.02. The first kappa shape index (κ1) is 26.2. The number of nitrogen functional groups attached to an aromatic ring is 1. The summed E-state index contributed by atoms with van der Waals surface area (Å²) in [5, 5.41) is 0. The number of ether oxygens (including phenoxy) is 1. The summed E-state index contributed by atoms with van der Waals surface area (Å²) >= 11 is 0. The van der Waals surface area contributed by atoms with Crippen molar-refractivity contribution in [2.75, 3.05) is 63.6 Å². The van der Waals surface area contributed by atoms with Crippen molar-refractivity contribution in [1.82, 2.24) is 19.4 Å². The number of carbonyl (C=O) groups excluding carboxylic acids is 2. The Morgan fingerprint density at radius 1 is 1.20 bits per heavy atom. The number of methoxy groups -OCH3 is 1. The molecule has 2 amide bonds. The Balaban J connectivity index is 1.74. The summed E-state index contributed by atoms with van der Waals surface area (Å²) < 4.78 is 11.8. The minimum atomic E-state index is -0.721. The van der Waals surface area contributed by atoms with Crippen LogP contribution in [-0.2, 0) is 16.1 Å². The number of amides is 2. The molecule has 1 aliphatic rings. The topological polar surface area (TPSA) is 147 Å². The number of aromatic nitrogens is 2. The second-order valence-corrected chi connectivity index (χ2v) is 9.01. The average Bonchev–Trinajstić information content (AvgIpc) is 3.24. The fourth-order valence-corrected chi connectivity index (χ4v) is 4.02. The number of nitrogens with zero attached hydrogens (tertiary/aromatic N) is 4. The number of piperazine rings is 1. The Hall–Kier alpha value is -3.38. The van der Waals surface area contributed by atoms with Gasteiger partial charge in [0.05, 0.1) is 13.2 Å². The van der Waals surface area contributed by atoms with Crippen LogP contribution in [0.3, 0.4) is 0 Å². The highest BCUT2D eigenvalue weighted by molar-refractivity contribution is 5.97. The molecule has 12 nitrogen and oxygen atoms in total. The van der Waals surface area contributed by atoms with E-state index in [-0.39, 0.29) is 48.9 Å². The third-order valence-electron chi connectivity index (χ3n) is 5.82. The van der Waals surface area contributed by atoms with E-state index in [2.05, 4.69) is 4.98 Å². The molecular weight excluding hydrogens is 456 g/mol. The van der Waals surface area contributed by atoms with Gasteiger partial charge in [-0.05, 0) is 25.0 Å². The van der Waals surface area contributed by atoms with Gasteiger partial charge in [0.25, 0.3) is 11.5 Å². The summed E-state index contributed by atoms with van der Waals surface area (Å²) in [4.78, 5) is 58.1. The smallest absolute Gasteiger partial charge is 0.330 e. The number of rotatable bonds is 9. The van der Waals surface area contributed by atoms with Crippen molar-refractivity contribution in [1.29, 1.82) is 0 Å². The number of anilines is 2. The molecule has 1 aliphatic heterocycles. The minimum absolute atomic E-state index is 0.0216. The monoisotopic (exact) mass is 490 g/mol. The Morgan fingerprint density at radius 2 is 1.89 bits per heavy atom. The molecule has 0 aromatic carbocycles. The minimum Gasteiger partial charge on any atom is -0.456 e. The van der Waals surface area contributed by atoms with Crippen molar-refractivity contribution in [3.63, 3.8) is 0 Å². The van der Waals surface area contributed by atoms with Crippen LogP contribution in [0, 0.1) is 12.8 Å². The van der Waals surface area contributed by atoms with Gasteiger partial charge in [-0.2, -0.15) is 0 Å². The first-order valence-corrected chi connectivity index (χ1v) is 11.6. The number of nitrogens with one attached hydrogen (secondary N) is 1. The lowest BCUT2D eigenvalue weighted by molar-refractivity contribution is -0.120. The number of hydrogen-bond acceptors (Lipinski definition) is 8. The highest BCUT2D eigenvalue weighted by Gasteiger charge is 2.29. The molecular formula is C23H34N6O6. The first-order chi connectivity index (χ1) is 16.6. The van der Waals surface area contributed by atoms with Crippen LogP contribution in [0.1, 0.15) is 30.2 Å². The van der Waals surface area contributed by atoms with Gasteiger partial charge in [-0.25, -0.2) is 4.79 Å². The molecule has 0 atom stereocenters. The zero-order valence-corrected chi connectivity index (χ0v) is 20.7. The highest BCUT2D eigenvalue weighted by atomic mass is 16.5. The molecule has 0 bridgehead atoms. The maximum absolute atomic E-state index is 13.3. The van der Waals surface area contributed by atoms with Gasteiger partial charge in [0.2, 0.25) is 5.91 Å². The van der Waals surface area contributed by atoms with Crippen molar-refractivity contribution < 1.29 is 18.7 Å². The van der Waals surface area contributed by atoms with E-state index >= 15 is 0 Å². The Kier molecular flexibility index (Phi) is 8.52. The third-order valence-corrected chi connectivity index (χ3v) is 5.82. The second-order valence-electron chi connectivity index (χ2n) is 9.01. The maximum Gasteiger partial charge on any atom is 0.330 e. The molecule has 3 N–H and O–H groups in total. The van der Waals surface area contributed by atoms with Crippen LogP contribution in [0.5, 0.6) is 0 Å². The van der Waals surface area contributed by atoms with Crippen LogP contribution in [0.15, 0.2) is 26.1 Å². The molecule has 3 heterocycles. The quantitative estimate of drug-likeness (QED) is 0.504. The van der Waals surface area contributed by atoms with E-state index in [9.17, 15) is 19.2 Å². The van der Waals surface area contributed by atoms with Crippen LogP contribution in [0.4, 0.5) is 11.5 Å². The lowest BCUT2D eigenvalue weighted by atomic mass is 10.2. The summed E-state index contributed by atoms with van der Waals surface area (Å²) in [5.41, 5.74) is 4.83. The fraction of sp³-hybridized carbons (Fsp3) is 0.565. The second kappa shape index (κ2) is 11.4. The van der Waals surface area contributed by atoms with E-state index in [1.165, 1.54) is 16.6 Å². The lowest BCUT2D eigenvalue weighted by Gasteiger charge is -2.35. The van der Waals surface area contributed by atoms with E-state index in [0.717, 1.165) is 0 Å². The van der Waals surface area contributed by atoms with Gasteiger partial charge in [-0.15, -0.1) is 0 Å². The normalized spacial score (nSPS) is 14.5. The van der Waals surface area contributed by atoms with Gasteiger partial charge in [0.15, 0.2) is 11.4 Å². The molecule has 0 unspecified atom stereocenters. The average molecular weight is 491 g/mol. The Bertz CT molecular complexity index is 1160. The molecule has 0 saturated carbocycles. The molecule has 2 aromatic heterocycles. The van der Waals surface area contributed by atoms with Crippen molar-refractivity contribution in [2.45, 2.75) is 27.3 Å². The number of aromatic amines is 1. The van der Waals surface area contributed by atoms with Crippen LogP contribution < -0.4 is 21.9 Å². The van der Waals surface area contributed by atoms with Crippen LogP contribution in [-0.4, -0.2) is 84.2 Å². The van der Waals surface area contributed by atoms with Crippen molar-refractivity contribution in [2.24, 2.45) is 5.92 Å². The number of furan rings is 1. The van der Waals surface area contributed by atoms with E-state index in [1.807, 2.05) is 18.7 Å². The van der Waals surface area contributed by atoms with Gasteiger partial charge < -0.3 is 24.7 Å². The van der Waals surface area contributed by atoms with Gasteiger partial charge in [-0.3, -0.25) is 28.8 Å². The molecule has 192 valence electrons. The third kappa shape index (κ3) is 6.20. The SMILES string of the molecule is COCCN(C(=O)CN1CCN(C(=O)c2ccc(C)o2)CC1)c1c(N)n(CC(C)C)c(=O)[nH]c1=O. The molecule has 12 heteroatoms. The molecule has 2 aromatic rings. The molecule has 0 aliphatic carbocycles. The predicted molar refractivity (Wildman–Crippen MR) is 131 cm³/mol. The number of carbonyl (C=O) groups is 2. The van der Waals surface area contributed by atoms with E-state index in [0.29, 0.717) is 44.2 Å². The van der Waals surface area contributed by atoms with E-state index in [4.69, 9.17) is 14.9 Å². The Labute approximate surface area is 203 Å². The number of nitrogens with two attached hydrogens (primary N) is 1. The van der Waals surface area contributed by atoms with Gasteiger partial charge in [-0.1, -0.05) is 13.8 Å². The van der Waals surface area contributed by atoms with Gasteiger partial charge in [0.1, 0.15) is 11.6 Å². The number of aryl methyl sites for hydroxylation is 1. The zero-order chi connectivity index (χ0) is 25.7. The summed E-state index contributed by atoms with van der Waals surface area (Å²) in [7, 11) is 1.49. The molecule has 0 spiro atoms. The van der Waals surface area contributed by atoms with Crippen LogP contribution >= 0.6 is 0 Å². The summed E-state index contributed by atoms with van der Waals surface area (Å²) in [6, 6.07) is 3.40.